The van der Waals surface area contributed by atoms with E-state index in [1.54, 1.807) is 12.1 Å². The summed E-state index contributed by atoms with van der Waals surface area (Å²) >= 11 is 0. The lowest BCUT2D eigenvalue weighted by Gasteiger charge is -2.33. The third-order valence-electron chi connectivity index (χ3n) is 4.66. The van der Waals surface area contributed by atoms with Gasteiger partial charge in [-0.1, -0.05) is 18.2 Å². The van der Waals surface area contributed by atoms with Crippen LogP contribution in [0.25, 0.3) is 0 Å². The number of nitriles is 1. The zero-order valence-electron chi connectivity index (χ0n) is 18.1. The van der Waals surface area contributed by atoms with E-state index >= 15 is 0 Å². The summed E-state index contributed by atoms with van der Waals surface area (Å²) < 4.78 is 6.04. The molecule has 0 saturated carbocycles. The van der Waals surface area contributed by atoms with Crippen molar-refractivity contribution in [2.75, 3.05) is 18.0 Å². The molecule has 0 amide bonds. The standard InChI is InChI=1S/C17H19N5O2.C5H10O2/c18-9-12-4-1-2-5-13(12)10-22-16(8-15(23)20-17(22)24)21-7-3-6-14(19)11-21;1-5(2,3)7-4-6/h1-2,4-5,8,14H,3,6-7,10-11,19H2,(H,20,23,24);4H,1-3H3. The van der Waals surface area contributed by atoms with Crippen LogP contribution in [0.4, 0.5) is 5.82 Å². The van der Waals surface area contributed by atoms with Gasteiger partial charge in [0.2, 0.25) is 0 Å². The molecule has 166 valence electrons. The molecule has 1 aliphatic heterocycles. The van der Waals surface area contributed by atoms with Gasteiger partial charge in [-0.2, -0.15) is 5.26 Å². The van der Waals surface area contributed by atoms with E-state index in [9.17, 15) is 19.6 Å². The Balaban J connectivity index is 0.000000423. The molecule has 3 rings (SSSR count). The maximum Gasteiger partial charge on any atom is 0.330 e. The Labute approximate surface area is 181 Å². The SMILES string of the molecule is CC(C)(C)OC=O.N#Cc1ccccc1Cn1c(N2CCCC(N)C2)cc(=O)[nH]c1=O. The minimum atomic E-state index is -0.482. The van der Waals surface area contributed by atoms with E-state index in [1.165, 1.54) is 10.6 Å². The van der Waals surface area contributed by atoms with Crippen LogP contribution in [0.3, 0.4) is 0 Å². The van der Waals surface area contributed by atoms with Crippen LogP contribution in [0.15, 0.2) is 39.9 Å². The first-order valence-corrected chi connectivity index (χ1v) is 10.1. The summed E-state index contributed by atoms with van der Waals surface area (Å²) in [6.07, 6.45) is 1.85. The van der Waals surface area contributed by atoms with Gasteiger partial charge in [0.05, 0.1) is 18.2 Å². The van der Waals surface area contributed by atoms with Crippen molar-refractivity contribution >= 4 is 12.3 Å². The van der Waals surface area contributed by atoms with E-state index in [0.29, 0.717) is 24.4 Å². The second-order valence-electron chi connectivity index (χ2n) is 8.33. The van der Waals surface area contributed by atoms with Crippen molar-refractivity contribution in [2.45, 2.75) is 51.8 Å². The fourth-order valence-electron chi connectivity index (χ4n) is 3.22. The van der Waals surface area contributed by atoms with Crippen LogP contribution in [0, 0.1) is 11.3 Å². The molecule has 0 radical (unpaired) electrons. The highest BCUT2D eigenvalue weighted by atomic mass is 16.5. The number of nitrogens with two attached hydrogens (primary N) is 1. The average molecular weight is 428 g/mol. The maximum absolute atomic E-state index is 12.4. The van der Waals surface area contributed by atoms with Gasteiger partial charge in [-0.05, 0) is 45.2 Å². The summed E-state index contributed by atoms with van der Waals surface area (Å²) in [6.45, 7) is 7.49. The molecule has 1 aromatic heterocycles. The number of nitrogens with one attached hydrogen (secondary N) is 1. The number of aromatic amines is 1. The monoisotopic (exact) mass is 427 g/mol. The van der Waals surface area contributed by atoms with Gasteiger partial charge in [0, 0.05) is 25.2 Å². The molecular weight excluding hydrogens is 398 g/mol. The predicted molar refractivity (Wildman–Crippen MR) is 118 cm³/mol. The van der Waals surface area contributed by atoms with Gasteiger partial charge in [0.25, 0.3) is 12.0 Å². The third kappa shape index (κ3) is 7.12. The van der Waals surface area contributed by atoms with Gasteiger partial charge in [-0.3, -0.25) is 19.1 Å². The van der Waals surface area contributed by atoms with Crippen LogP contribution in [0.2, 0.25) is 0 Å². The minimum absolute atomic E-state index is 0.0213. The number of carbonyl (C=O) groups is 1. The molecular formula is C22H29N5O4. The second-order valence-corrected chi connectivity index (χ2v) is 8.33. The second kappa shape index (κ2) is 10.6. The van der Waals surface area contributed by atoms with Gasteiger partial charge < -0.3 is 15.4 Å². The van der Waals surface area contributed by atoms with Crippen molar-refractivity contribution in [1.82, 2.24) is 9.55 Å². The average Bonchev–Trinajstić information content (AvgIpc) is 2.69. The lowest BCUT2D eigenvalue weighted by molar-refractivity contribution is -0.138. The number of nitrogens with zero attached hydrogens (tertiary/aromatic N) is 3. The van der Waals surface area contributed by atoms with E-state index in [4.69, 9.17) is 5.73 Å². The van der Waals surface area contributed by atoms with Crippen molar-refractivity contribution in [3.8, 4) is 6.07 Å². The van der Waals surface area contributed by atoms with Crippen LogP contribution in [0.1, 0.15) is 44.7 Å². The van der Waals surface area contributed by atoms with Crippen molar-refractivity contribution < 1.29 is 9.53 Å². The zero-order chi connectivity index (χ0) is 23.0. The van der Waals surface area contributed by atoms with E-state index < -0.39 is 11.2 Å². The number of carbonyl (C=O) groups excluding carboxylic acids is 1. The Hall–Kier alpha value is -3.38. The molecule has 2 aromatic rings. The van der Waals surface area contributed by atoms with E-state index in [0.717, 1.165) is 24.9 Å². The van der Waals surface area contributed by atoms with E-state index in [1.807, 2.05) is 37.8 Å². The number of aromatic nitrogens is 2. The summed E-state index contributed by atoms with van der Waals surface area (Å²) in [5.41, 5.74) is 6.04. The number of benzene rings is 1. The smallest absolute Gasteiger partial charge is 0.330 e. The fraction of sp³-hybridized carbons (Fsp3) is 0.455. The quantitative estimate of drug-likeness (QED) is 0.703. The first-order valence-electron chi connectivity index (χ1n) is 10.1. The summed E-state index contributed by atoms with van der Waals surface area (Å²) in [5.74, 6) is 0.548. The molecule has 1 aromatic carbocycles. The number of H-pyrrole nitrogens is 1. The summed E-state index contributed by atoms with van der Waals surface area (Å²) in [5, 5.41) is 9.24. The Bertz CT molecular complexity index is 1050. The Morgan fingerprint density at radius 2 is 2.03 bits per heavy atom. The molecule has 0 aliphatic carbocycles. The number of ether oxygens (including phenoxy) is 1. The summed E-state index contributed by atoms with van der Waals surface area (Å²) in [7, 11) is 0. The number of rotatable bonds is 4. The number of anilines is 1. The molecule has 1 fully saturated rings. The molecule has 1 atom stereocenters. The van der Waals surface area contributed by atoms with Gasteiger partial charge >= 0.3 is 5.69 Å². The van der Waals surface area contributed by atoms with Gasteiger partial charge in [-0.15, -0.1) is 0 Å². The summed E-state index contributed by atoms with van der Waals surface area (Å²) in [4.78, 5) is 38.0. The van der Waals surface area contributed by atoms with Gasteiger partial charge in [0.15, 0.2) is 0 Å². The molecule has 31 heavy (non-hydrogen) atoms. The molecule has 3 N–H and O–H groups in total. The third-order valence-corrected chi connectivity index (χ3v) is 4.66. The van der Waals surface area contributed by atoms with Crippen LogP contribution < -0.4 is 21.9 Å². The lowest BCUT2D eigenvalue weighted by Crippen LogP contribution is -2.46. The first-order chi connectivity index (χ1) is 14.6. The largest absolute Gasteiger partial charge is 0.462 e. The van der Waals surface area contributed by atoms with E-state index in [-0.39, 0.29) is 18.2 Å². The molecule has 0 spiro atoms. The highest BCUT2D eigenvalue weighted by molar-refractivity contribution is 5.42. The molecule has 9 nitrogen and oxygen atoms in total. The number of piperidine rings is 1. The topological polar surface area (TPSA) is 134 Å². The lowest BCUT2D eigenvalue weighted by atomic mass is 10.1. The predicted octanol–water partition coefficient (Wildman–Crippen LogP) is 1.34. The van der Waals surface area contributed by atoms with Crippen molar-refractivity contribution in [2.24, 2.45) is 5.73 Å². The van der Waals surface area contributed by atoms with Crippen LogP contribution >= 0.6 is 0 Å². The van der Waals surface area contributed by atoms with Crippen molar-refractivity contribution in [3.05, 3.63) is 62.3 Å². The molecule has 0 bridgehead atoms. The van der Waals surface area contributed by atoms with Crippen molar-refractivity contribution in [1.29, 1.82) is 5.26 Å². The highest BCUT2D eigenvalue weighted by Gasteiger charge is 2.21. The highest BCUT2D eigenvalue weighted by Crippen LogP contribution is 2.18. The molecule has 9 heteroatoms. The maximum atomic E-state index is 12.4. The van der Waals surface area contributed by atoms with Crippen LogP contribution in [-0.2, 0) is 16.1 Å². The van der Waals surface area contributed by atoms with Crippen molar-refractivity contribution in [3.63, 3.8) is 0 Å². The number of hydrogen-bond acceptors (Lipinski definition) is 7. The summed E-state index contributed by atoms with van der Waals surface area (Å²) in [6, 6.07) is 10.7. The molecule has 1 unspecified atom stereocenters. The minimum Gasteiger partial charge on any atom is -0.462 e. The Kier molecular flexibility index (Phi) is 8.16. The van der Waals surface area contributed by atoms with Crippen LogP contribution in [-0.4, -0.2) is 40.8 Å². The van der Waals surface area contributed by atoms with E-state index in [2.05, 4.69) is 15.8 Å². The molecule has 1 aliphatic rings. The molecule has 1 saturated heterocycles. The Morgan fingerprint density at radius 3 is 2.61 bits per heavy atom. The first kappa shape index (κ1) is 23.9. The normalized spacial score (nSPS) is 16.0. The fourth-order valence-corrected chi connectivity index (χ4v) is 3.22. The zero-order valence-corrected chi connectivity index (χ0v) is 18.1. The Morgan fingerprint density at radius 1 is 1.32 bits per heavy atom. The van der Waals surface area contributed by atoms with Gasteiger partial charge in [0.1, 0.15) is 11.4 Å². The number of hydrogen-bond donors (Lipinski definition) is 2. The van der Waals surface area contributed by atoms with Gasteiger partial charge in [-0.25, -0.2) is 4.79 Å². The van der Waals surface area contributed by atoms with Crippen LogP contribution in [0.5, 0.6) is 0 Å². The molecule has 2 heterocycles.